The quantitative estimate of drug-likeness (QED) is 0.558. The van der Waals surface area contributed by atoms with E-state index in [-0.39, 0.29) is 17.0 Å². The van der Waals surface area contributed by atoms with E-state index in [4.69, 9.17) is 0 Å². The van der Waals surface area contributed by atoms with Crippen LogP contribution in [0.15, 0.2) is 77.6 Å². The van der Waals surface area contributed by atoms with Gasteiger partial charge in [0.1, 0.15) is 0 Å². The van der Waals surface area contributed by atoms with Crippen LogP contribution in [0.2, 0.25) is 0 Å². The van der Waals surface area contributed by atoms with E-state index in [0.29, 0.717) is 35.1 Å². The molecule has 5 heteroatoms. The molecule has 0 saturated carbocycles. The van der Waals surface area contributed by atoms with Crippen molar-refractivity contribution < 1.29 is 9.59 Å². The molecule has 5 nitrogen and oxygen atoms in total. The maximum atomic E-state index is 13.6. The zero-order chi connectivity index (χ0) is 24.4. The highest BCUT2D eigenvalue weighted by Crippen LogP contribution is 2.22. The number of ketones is 2. The van der Waals surface area contributed by atoms with Crippen LogP contribution in [0, 0.1) is 0 Å². The van der Waals surface area contributed by atoms with E-state index in [2.05, 4.69) is 0 Å². The van der Waals surface area contributed by atoms with E-state index in [1.807, 2.05) is 86.5 Å². The van der Waals surface area contributed by atoms with Crippen LogP contribution in [-0.2, 0) is 12.8 Å². The summed E-state index contributed by atoms with van der Waals surface area (Å²) in [4.78, 5) is 42.9. The van der Waals surface area contributed by atoms with Gasteiger partial charge in [-0.05, 0) is 59.7 Å². The lowest BCUT2D eigenvalue weighted by atomic mass is 9.95. The van der Waals surface area contributed by atoms with Crippen molar-refractivity contribution in [1.82, 2.24) is 0 Å². The van der Waals surface area contributed by atoms with Crippen molar-refractivity contribution in [2.75, 3.05) is 38.0 Å². The van der Waals surface area contributed by atoms with Crippen molar-refractivity contribution >= 4 is 22.9 Å². The Bertz CT molecular complexity index is 1230. The molecule has 0 aromatic heterocycles. The lowest BCUT2D eigenvalue weighted by Crippen LogP contribution is -2.13. The van der Waals surface area contributed by atoms with Gasteiger partial charge in [-0.2, -0.15) is 0 Å². The van der Waals surface area contributed by atoms with Gasteiger partial charge in [0.25, 0.3) is 0 Å². The SMILES string of the molecule is CN(C)c1ccc(Cc2cc3c(cc(Cc4ccc(N(C)C)cc4)c2=O)C(=O)C=CC3=O)cc1. The van der Waals surface area contributed by atoms with Crippen molar-refractivity contribution in [1.29, 1.82) is 0 Å². The van der Waals surface area contributed by atoms with Crippen LogP contribution >= 0.6 is 0 Å². The summed E-state index contributed by atoms with van der Waals surface area (Å²) < 4.78 is 0. The number of hydrogen-bond donors (Lipinski definition) is 0. The van der Waals surface area contributed by atoms with Crippen molar-refractivity contribution in [2.24, 2.45) is 0 Å². The predicted octanol–water partition coefficient (Wildman–Crippen LogP) is 4.30. The Balaban J connectivity index is 1.80. The van der Waals surface area contributed by atoms with Gasteiger partial charge in [0.05, 0.1) is 0 Å². The zero-order valence-electron chi connectivity index (χ0n) is 20.0. The number of anilines is 2. The Morgan fingerprint density at radius 1 is 0.559 bits per heavy atom. The molecule has 0 N–H and O–H groups in total. The first kappa shape index (κ1) is 23.2. The summed E-state index contributed by atoms with van der Waals surface area (Å²) >= 11 is 0. The highest BCUT2D eigenvalue weighted by molar-refractivity contribution is 6.22. The van der Waals surface area contributed by atoms with Crippen LogP contribution in [0.3, 0.4) is 0 Å². The minimum Gasteiger partial charge on any atom is -0.378 e. The molecule has 0 radical (unpaired) electrons. The van der Waals surface area contributed by atoms with Gasteiger partial charge in [-0.1, -0.05) is 24.3 Å². The van der Waals surface area contributed by atoms with Crippen molar-refractivity contribution in [3.63, 3.8) is 0 Å². The van der Waals surface area contributed by atoms with Gasteiger partial charge in [0.2, 0.25) is 0 Å². The lowest BCUT2D eigenvalue weighted by molar-refractivity contribution is 0.0994. The van der Waals surface area contributed by atoms with Crippen molar-refractivity contribution in [3.8, 4) is 0 Å². The summed E-state index contributed by atoms with van der Waals surface area (Å²) in [6.45, 7) is 0. The van der Waals surface area contributed by atoms with E-state index < -0.39 is 0 Å². The fourth-order valence-corrected chi connectivity index (χ4v) is 4.11. The molecule has 34 heavy (non-hydrogen) atoms. The molecule has 4 rings (SSSR count). The Labute approximate surface area is 200 Å². The molecule has 3 aromatic carbocycles. The minimum atomic E-state index is -0.254. The number of allylic oxidation sites excluding steroid dienone is 2. The van der Waals surface area contributed by atoms with Crippen molar-refractivity contribution in [3.05, 3.63) is 116 Å². The molecule has 172 valence electrons. The van der Waals surface area contributed by atoms with E-state index in [0.717, 1.165) is 22.5 Å². The van der Waals surface area contributed by atoms with Crippen LogP contribution in [0.25, 0.3) is 0 Å². The minimum absolute atomic E-state index is 0.136. The van der Waals surface area contributed by atoms with Crippen LogP contribution in [0.5, 0.6) is 0 Å². The lowest BCUT2D eigenvalue weighted by Gasteiger charge is -2.13. The first-order chi connectivity index (χ1) is 16.2. The third-order valence-corrected chi connectivity index (χ3v) is 6.12. The summed E-state index contributed by atoms with van der Waals surface area (Å²) in [5.74, 6) is -0.508. The zero-order valence-corrected chi connectivity index (χ0v) is 20.0. The molecule has 1 aliphatic carbocycles. The predicted molar refractivity (Wildman–Crippen MR) is 138 cm³/mol. The topological polar surface area (TPSA) is 57.7 Å². The molecule has 0 unspecified atom stereocenters. The summed E-state index contributed by atoms with van der Waals surface area (Å²) in [6, 6.07) is 19.2. The first-order valence-corrected chi connectivity index (χ1v) is 11.2. The molecule has 0 bridgehead atoms. The van der Waals surface area contributed by atoms with Gasteiger partial charge >= 0.3 is 0 Å². The molecule has 0 saturated heterocycles. The largest absolute Gasteiger partial charge is 0.378 e. The molecule has 0 spiro atoms. The molecule has 1 aliphatic rings. The highest BCUT2D eigenvalue weighted by Gasteiger charge is 2.21. The Hall–Kier alpha value is -3.99. The van der Waals surface area contributed by atoms with Crippen LogP contribution in [0.1, 0.15) is 43.0 Å². The van der Waals surface area contributed by atoms with E-state index in [9.17, 15) is 14.4 Å². The number of fused-ring (bicyclic) bond motifs is 1. The highest BCUT2D eigenvalue weighted by atomic mass is 16.1. The monoisotopic (exact) mass is 452 g/mol. The molecule has 0 amide bonds. The average Bonchev–Trinajstić information content (AvgIpc) is 2.95. The third kappa shape index (κ3) is 4.84. The van der Waals surface area contributed by atoms with Crippen LogP contribution in [0.4, 0.5) is 11.4 Å². The second-order valence-corrected chi connectivity index (χ2v) is 9.03. The van der Waals surface area contributed by atoms with Gasteiger partial charge in [-0.3, -0.25) is 14.4 Å². The van der Waals surface area contributed by atoms with Crippen LogP contribution in [-0.4, -0.2) is 39.8 Å². The standard InChI is InChI=1S/C29H28N2O3/c1-30(2)23-9-5-19(6-10-23)15-21-17-25-26(28(33)14-13-27(25)32)18-22(29(21)34)16-20-7-11-24(12-8-20)31(3)4/h5-14,17-18H,15-16H2,1-4H3. The third-order valence-electron chi connectivity index (χ3n) is 6.12. The average molecular weight is 453 g/mol. The maximum Gasteiger partial charge on any atom is 0.186 e. The number of carbonyl (C=O) groups is 2. The van der Waals surface area contributed by atoms with Gasteiger partial charge in [0.15, 0.2) is 17.0 Å². The normalized spacial score (nSPS) is 12.5. The van der Waals surface area contributed by atoms with Gasteiger partial charge < -0.3 is 9.80 Å². The van der Waals surface area contributed by atoms with E-state index >= 15 is 0 Å². The number of nitrogens with zero attached hydrogens (tertiary/aromatic N) is 2. The first-order valence-electron chi connectivity index (χ1n) is 11.2. The molecule has 0 aliphatic heterocycles. The maximum absolute atomic E-state index is 13.6. The fourth-order valence-electron chi connectivity index (χ4n) is 4.11. The Morgan fingerprint density at radius 2 is 0.912 bits per heavy atom. The fraction of sp³-hybridized carbons (Fsp3) is 0.207. The molecular formula is C29H28N2O3. The molecule has 0 atom stereocenters. The summed E-state index contributed by atoms with van der Waals surface area (Å²) in [5, 5.41) is 0. The number of hydrogen-bond acceptors (Lipinski definition) is 5. The number of benzene rings is 2. The molecular weight excluding hydrogens is 424 g/mol. The van der Waals surface area contributed by atoms with Gasteiger partial charge in [0, 0.05) is 74.7 Å². The molecule has 0 heterocycles. The van der Waals surface area contributed by atoms with Gasteiger partial charge in [-0.15, -0.1) is 0 Å². The van der Waals surface area contributed by atoms with E-state index in [1.54, 1.807) is 12.1 Å². The summed E-state index contributed by atoms with van der Waals surface area (Å²) in [7, 11) is 7.90. The smallest absolute Gasteiger partial charge is 0.186 e. The second kappa shape index (κ2) is 9.48. The van der Waals surface area contributed by atoms with Gasteiger partial charge in [-0.25, -0.2) is 0 Å². The van der Waals surface area contributed by atoms with Crippen LogP contribution < -0.4 is 15.2 Å². The molecule has 3 aromatic rings. The Kier molecular flexibility index (Phi) is 6.46. The van der Waals surface area contributed by atoms with Crippen molar-refractivity contribution in [2.45, 2.75) is 12.8 Å². The Morgan fingerprint density at radius 3 is 1.24 bits per heavy atom. The summed E-state index contributed by atoms with van der Waals surface area (Å²) in [5.41, 5.74) is 5.53. The summed E-state index contributed by atoms with van der Waals surface area (Å²) in [6.07, 6.45) is 3.33. The number of rotatable bonds is 6. The number of carbonyl (C=O) groups excluding carboxylic acids is 2. The van der Waals surface area contributed by atoms with E-state index in [1.165, 1.54) is 12.2 Å². The molecule has 0 fully saturated rings. The second-order valence-electron chi connectivity index (χ2n) is 9.03.